The van der Waals surface area contributed by atoms with Crippen LogP contribution in [0.15, 0.2) is 42.5 Å². The molecule has 0 saturated carbocycles. The summed E-state index contributed by atoms with van der Waals surface area (Å²) in [7, 11) is 1.62. The molecule has 6 heteroatoms. The molecule has 0 aliphatic carbocycles. The van der Waals surface area contributed by atoms with Crippen LogP contribution in [0.2, 0.25) is 0 Å². The molecule has 0 fully saturated rings. The van der Waals surface area contributed by atoms with Gasteiger partial charge < -0.3 is 4.74 Å². The third-order valence-electron chi connectivity index (χ3n) is 3.15. The van der Waals surface area contributed by atoms with E-state index in [9.17, 15) is 10.1 Å². The van der Waals surface area contributed by atoms with Gasteiger partial charge in [0.2, 0.25) is 0 Å². The third-order valence-corrected chi connectivity index (χ3v) is 4.13. The van der Waals surface area contributed by atoms with E-state index in [1.807, 2.05) is 18.2 Å². The van der Waals surface area contributed by atoms with E-state index < -0.39 is 0 Å². The van der Waals surface area contributed by atoms with E-state index in [0.29, 0.717) is 5.56 Å². The summed E-state index contributed by atoms with van der Waals surface area (Å²) in [6.45, 7) is 0. The van der Waals surface area contributed by atoms with Crippen molar-refractivity contribution in [2.45, 2.75) is 0 Å². The molecule has 0 unspecified atom stereocenters. The van der Waals surface area contributed by atoms with E-state index >= 15 is 0 Å². The number of nitro benzene ring substituents is 1. The fourth-order valence-electron chi connectivity index (χ4n) is 2.08. The average Bonchev–Trinajstić information content (AvgIpc) is 2.94. The molecule has 5 nitrogen and oxygen atoms in total. The van der Waals surface area contributed by atoms with Crippen LogP contribution in [0.3, 0.4) is 0 Å². The van der Waals surface area contributed by atoms with Crippen molar-refractivity contribution < 1.29 is 9.66 Å². The molecule has 1 aromatic heterocycles. The Morgan fingerprint density at radius 2 is 2.05 bits per heavy atom. The first-order valence-corrected chi connectivity index (χ1v) is 7.35. The second-order valence-electron chi connectivity index (χ2n) is 4.54. The molecule has 110 valence electrons. The number of hydrogen-bond acceptors (Lipinski definition) is 5. The molecule has 0 atom stereocenters. The Hall–Kier alpha value is -2.73. The van der Waals surface area contributed by atoms with Gasteiger partial charge in [0.15, 0.2) is 0 Å². The maximum Gasteiger partial charge on any atom is 0.276 e. The van der Waals surface area contributed by atoms with Crippen LogP contribution >= 0.6 is 11.3 Å². The molecule has 3 aromatic rings. The second-order valence-corrected chi connectivity index (χ2v) is 5.60. The summed E-state index contributed by atoms with van der Waals surface area (Å²) in [5.74, 6) is 0.783. The first kappa shape index (κ1) is 14.2. The number of aromatic nitrogens is 1. The fourth-order valence-corrected chi connectivity index (χ4v) is 2.98. The number of rotatable bonds is 4. The first-order valence-electron chi connectivity index (χ1n) is 6.53. The summed E-state index contributed by atoms with van der Waals surface area (Å²) < 4.78 is 6.20. The minimum absolute atomic E-state index is 0.0848. The highest BCUT2D eigenvalue weighted by Gasteiger charge is 2.09. The summed E-state index contributed by atoms with van der Waals surface area (Å²) in [4.78, 5) is 15.1. The maximum absolute atomic E-state index is 11.0. The fraction of sp³-hybridized carbons (Fsp3) is 0.0625. The highest BCUT2D eigenvalue weighted by Crippen LogP contribution is 2.28. The van der Waals surface area contributed by atoms with Crippen LogP contribution in [0.5, 0.6) is 5.75 Å². The standard InChI is InChI=1S/C16H12N2O3S/c1-21-12-7-8-13-15(10-12)22-16(17-13)9-6-11-4-2-3-5-14(11)18(19)20/h2-10H,1H3/b9-6+. The second kappa shape index (κ2) is 5.95. The normalized spacial score (nSPS) is 11.1. The molecule has 0 N–H and O–H groups in total. The van der Waals surface area contributed by atoms with E-state index in [1.165, 1.54) is 17.4 Å². The van der Waals surface area contributed by atoms with E-state index in [4.69, 9.17) is 4.74 Å². The molecule has 0 aliphatic heterocycles. The number of methoxy groups -OCH3 is 1. The number of nitrogens with zero attached hydrogens (tertiary/aromatic N) is 2. The molecule has 0 aliphatic rings. The van der Waals surface area contributed by atoms with Gasteiger partial charge in [0.1, 0.15) is 10.8 Å². The molecule has 1 heterocycles. The molecule has 2 aromatic carbocycles. The van der Waals surface area contributed by atoms with E-state index in [0.717, 1.165) is 21.0 Å². The van der Waals surface area contributed by atoms with Crippen LogP contribution in [0, 0.1) is 10.1 Å². The number of ether oxygens (including phenoxy) is 1. The lowest BCUT2D eigenvalue weighted by Gasteiger charge is -1.96. The predicted molar refractivity (Wildman–Crippen MR) is 88.2 cm³/mol. The van der Waals surface area contributed by atoms with Crippen LogP contribution in [-0.2, 0) is 0 Å². The lowest BCUT2D eigenvalue weighted by Crippen LogP contribution is -1.90. The zero-order chi connectivity index (χ0) is 15.5. The maximum atomic E-state index is 11.0. The molecule has 3 rings (SSSR count). The van der Waals surface area contributed by atoms with Gasteiger partial charge in [0.25, 0.3) is 5.69 Å². The Balaban J connectivity index is 1.94. The van der Waals surface area contributed by atoms with Crippen molar-refractivity contribution in [2.75, 3.05) is 7.11 Å². The molecular formula is C16H12N2O3S. The van der Waals surface area contributed by atoms with Gasteiger partial charge in [-0.05, 0) is 36.4 Å². The van der Waals surface area contributed by atoms with Gasteiger partial charge in [-0.15, -0.1) is 11.3 Å². The zero-order valence-corrected chi connectivity index (χ0v) is 12.5. The van der Waals surface area contributed by atoms with Crippen molar-refractivity contribution in [1.82, 2.24) is 4.98 Å². The van der Waals surface area contributed by atoms with Gasteiger partial charge in [-0.2, -0.15) is 0 Å². The van der Waals surface area contributed by atoms with Crippen molar-refractivity contribution in [3.8, 4) is 5.75 Å². The summed E-state index contributed by atoms with van der Waals surface area (Å²) in [6, 6.07) is 12.3. The lowest BCUT2D eigenvalue weighted by molar-refractivity contribution is -0.385. The number of benzene rings is 2. The number of hydrogen-bond donors (Lipinski definition) is 0. The quantitative estimate of drug-likeness (QED) is 0.529. The number of thiazole rings is 1. The molecule has 0 bridgehead atoms. The Morgan fingerprint density at radius 1 is 1.23 bits per heavy atom. The van der Waals surface area contributed by atoms with Crippen LogP contribution < -0.4 is 4.74 Å². The topological polar surface area (TPSA) is 65.3 Å². The highest BCUT2D eigenvalue weighted by molar-refractivity contribution is 7.19. The van der Waals surface area contributed by atoms with Gasteiger partial charge >= 0.3 is 0 Å². The van der Waals surface area contributed by atoms with Gasteiger partial charge in [0, 0.05) is 6.07 Å². The summed E-state index contributed by atoms with van der Waals surface area (Å²) in [6.07, 6.45) is 3.51. The largest absolute Gasteiger partial charge is 0.497 e. The van der Waals surface area contributed by atoms with Crippen molar-refractivity contribution in [3.05, 3.63) is 63.1 Å². The predicted octanol–water partition coefficient (Wildman–Crippen LogP) is 4.38. The van der Waals surface area contributed by atoms with Gasteiger partial charge in [0.05, 0.1) is 27.8 Å². The van der Waals surface area contributed by atoms with Gasteiger partial charge in [-0.3, -0.25) is 10.1 Å². The summed E-state index contributed by atoms with van der Waals surface area (Å²) in [5.41, 5.74) is 1.53. The van der Waals surface area contributed by atoms with Crippen molar-refractivity contribution in [1.29, 1.82) is 0 Å². The molecule has 0 saturated heterocycles. The van der Waals surface area contributed by atoms with Crippen molar-refractivity contribution >= 4 is 39.4 Å². The summed E-state index contributed by atoms with van der Waals surface area (Å²) in [5, 5.41) is 11.8. The zero-order valence-electron chi connectivity index (χ0n) is 11.7. The summed E-state index contributed by atoms with van der Waals surface area (Å²) >= 11 is 1.51. The van der Waals surface area contributed by atoms with Crippen molar-refractivity contribution in [2.24, 2.45) is 0 Å². The smallest absolute Gasteiger partial charge is 0.276 e. The number of fused-ring (bicyclic) bond motifs is 1. The van der Waals surface area contributed by atoms with Crippen LogP contribution in [-0.4, -0.2) is 17.0 Å². The molecule has 0 amide bonds. The molecule has 22 heavy (non-hydrogen) atoms. The van der Waals surface area contributed by atoms with E-state index in [-0.39, 0.29) is 10.6 Å². The molecule has 0 radical (unpaired) electrons. The van der Waals surface area contributed by atoms with Gasteiger partial charge in [-0.25, -0.2) is 4.98 Å². The van der Waals surface area contributed by atoms with Crippen molar-refractivity contribution in [3.63, 3.8) is 0 Å². The minimum Gasteiger partial charge on any atom is -0.497 e. The highest BCUT2D eigenvalue weighted by atomic mass is 32.1. The number of para-hydroxylation sites is 1. The minimum atomic E-state index is -0.386. The number of nitro groups is 1. The first-order chi connectivity index (χ1) is 10.7. The third kappa shape index (κ3) is 2.82. The monoisotopic (exact) mass is 312 g/mol. The van der Waals surface area contributed by atoms with Crippen LogP contribution in [0.25, 0.3) is 22.4 Å². The lowest BCUT2D eigenvalue weighted by atomic mass is 10.1. The molecular weight excluding hydrogens is 300 g/mol. The van der Waals surface area contributed by atoms with Crippen LogP contribution in [0.4, 0.5) is 5.69 Å². The Bertz CT molecular complexity index is 871. The Labute approximate surface area is 130 Å². The van der Waals surface area contributed by atoms with Crippen LogP contribution in [0.1, 0.15) is 10.6 Å². The Kier molecular flexibility index (Phi) is 3.84. The van der Waals surface area contributed by atoms with E-state index in [1.54, 1.807) is 37.5 Å². The SMILES string of the molecule is COc1ccc2nc(/C=C/c3ccccc3[N+](=O)[O-])sc2c1. The van der Waals surface area contributed by atoms with Gasteiger partial charge in [-0.1, -0.05) is 12.1 Å². The Morgan fingerprint density at radius 3 is 2.82 bits per heavy atom. The average molecular weight is 312 g/mol. The van der Waals surface area contributed by atoms with E-state index in [2.05, 4.69) is 4.98 Å². The molecule has 0 spiro atoms.